The van der Waals surface area contributed by atoms with Crippen LogP contribution in [-0.2, 0) is 4.74 Å². The number of urea groups is 1. The molecule has 0 atom stereocenters. The summed E-state index contributed by atoms with van der Waals surface area (Å²) >= 11 is 0. The second-order valence-corrected chi connectivity index (χ2v) is 6.41. The third-order valence-electron chi connectivity index (χ3n) is 4.13. The van der Waals surface area contributed by atoms with Gasteiger partial charge in [0.2, 0.25) is 0 Å². The Morgan fingerprint density at radius 2 is 1.83 bits per heavy atom. The Labute approximate surface area is 174 Å². The van der Waals surface area contributed by atoms with E-state index < -0.39 is 6.09 Å². The van der Waals surface area contributed by atoms with Gasteiger partial charge in [0.25, 0.3) is 0 Å². The molecule has 9 nitrogen and oxygen atoms in total. The molecular weight excluding hydrogens is 384 g/mol. The first-order chi connectivity index (χ1) is 14.7. The lowest BCUT2D eigenvalue weighted by molar-refractivity contribution is 0.144. The highest BCUT2D eigenvalue weighted by atomic mass is 16.5. The van der Waals surface area contributed by atoms with Gasteiger partial charge in [-0.3, -0.25) is 10.3 Å². The topological polar surface area (TPSA) is 118 Å². The molecule has 9 heteroatoms. The fourth-order valence-corrected chi connectivity index (χ4v) is 2.67. The summed E-state index contributed by atoms with van der Waals surface area (Å²) in [4.78, 5) is 36.5. The summed E-state index contributed by atoms with van der Waals surface area (Å²) in [6.45, 7) is 3.12. The van der Waals surface area contributed by atoms with E-state index in [1.165, 1.54) is 0 Å². The molecule has 0 saturated carbocycles. The van der Waals surface area contributed by atoms with Crippen molar-refractivity contribution < 1.29 is 14.3 Å². The monoisotopic (exact) mass is 408 g/mol. The molecule has 1 aromatic carbocycles. The molecule has 0 aliphatic heterocycles. The number of carbonyl (C=O) groups excluding carboxylic acids is 2. The molecule has 3 amide bonds. The van der Waals surface area contributed by atoms with Gasteiger partial charge in [-0.25, -0.2) is 19.6 Å². The number of hydrogen-bond acceptors (Lipinski definition) is 6. The van der Waals surface area contributed by atoms with Gasteiger partial charge >= 0.3 is 12.1 Å². The minimum Gasteiger partial charge on any atom is -0.450 e. The Balaban J connectivity index is 1.49. The number of aromatic nitrogens is 3. The predicted octanol–water partition coefficient (Wildman–Crippen LogP) is 3.34. The summed E-state index contributed by atoms with van der Waals surface area (Å²) in [7, 11) is 0. The summed E-state index contributed by atoms with van der Waals surface area (Å²) in [5.41, 5.74) is 2.76. The van der Waals surface area contributed by atoms with Crippen LogP contribution >= 0.6 is 0 Å². The molecule has 156 valence electrons. The largest absolute Gasteiger partial charge is 0.450 e. The number of rotatable bonds is 8. The zero-order valence-corrected chi connectivity index (χ0v) is 16.7. The molecule has 0 aliphatic carbocycles. The third-order valence-corrected chi connectivity index (χ3v) is 4.13. The number of ether oxygens (including phenoxy) is 1. The fraction of sp³-hybridized carbons (Fsp3) is 0.286. The van der Waals surface area contributed by atoms with Crippen LogP contribution in [0.2, 0.25) is 0 Å². The summed E-state index contributed by atoms with van der Waals surface area (Å²) < 4.78 is 4.97. The standard InChI is InChI=1S/C21H24N6O3/c1-2-22-21(29)30-13-7-6-12-23-20(28)27-18-11-10-16-19(26-18)25-17(14-24-16)15-8-4-3-5-9-15/h3-5,8-11,14H,2,6-7,12-13H2,1H3,(H,22,29)(H2,23,25,26,27,28). The molecular formula is C21H24N6O3. The van der Waals surface area contributed by atoms with Crippen molar-refractivity contribution in [3.05, 3.63) is 48.7 Å². The number of amides is 3. The van der Waals surface area contributed by atoms with Crippen LogP contribution in [-0.4, -0.2) is 46.8 Å². The van der Waals surface area contributed by atoms with Crippen molar-refractivity contribution in [3.8, 4) is 11.3 Å². The molecule has 3 rings (SSSR count). The Morgan fingerprint density at radius 1 is 1.00 bits per heavy atom. The van der Waals surface area contributed by atoms with E-state index in [2.05, 4.69) is 30.9 Å². The van der Waals surface area contributed by atoms with Crippen molar-refractivity contribution in [3.63, 3.8) is 0 Å². The quantitative estimate of drug-likeness (QED) is 0.492. The Kier molecular flexibility index (Phi) is 7.48. The maximum Gasteiger partial charge on any atom is 0.407 e. The highest BCUT2D eigenvalue weighted by Gasteiger charge is 2.07. The summed E-state index contributed by atoms with van der Waals surface area (Å²) in [5, 5.41) is 7.99. The van der Waals surface area contributed by atoms with Crippen molar-refractivity contribution in [2.45, 2.75) is 19.8 Å². The number of unbranched alkanes of at least 4 members (excludes halogenated alkanes) is 1. The minimum atomic E-state index is -0.427. The summed E-state index contributed by atoms with van der Waals surface area (Å²) in [6, 6.07) is 12.8. The molecule has 0 radical (unpaired) electrons. The van der Waals surface area contributed by atoms with Crippen LogP contribution in [0.3, 0.4) is 0 Å². The van der Waals surface area contributed by atoms with Crippen molar-refractivity contribution in [2.24, 2.45) is 0 Å². The second-order valence-electron chi connectivity index (χ2n) is 6.41. The normalized spacial score (nSPS) is 10.4. The lowest BCUT2D eigenvalue weighted by atomic mass is 10.2. The van der Waals surface area contributed by atoms with Gasteiger partial charge in [-0.15, -0.1) is 0 Å². The van der Waals surface area contributed by atoms with Gasteiger partial charge in [-0.2, -0.15) is 0 Å². The SMILES string of the molecule is CCNC(=O)OCCCCNC(=O)Nc1ccc2ncc(-c3ccccc3)nc2n1. The number of carbonyl (C=O) groups is 2. The molecule has 0 saturated heterocycles. The molecule has 0 bridgehead atoms. The first-order valence-electron chi connectivity index (χ1n) is 9.80. The van der Waals surface area contributed by atoms with E-state index in [0.717, 1.165) is 5.56 Å². The lowest BCUT2D eigenvalue weighted by Gasteiger charge is -2.08. The van der Waals surface area contributed by atoms with Gasteiger partial charge in [0.05, 0.1) is 18.5 Å². The van der Waals surface area contributed by atoms with E-state index >= 15 is 0 Å². The van der Waals surface area contributed by atoms with Gasteiger partial charge in [0.15, 0.2) is 5.65 Å². The van der Waals surface area contributed by atoms with Crippen molar-refractivity contribution in [1.29, 1.82) is 0 Å². The van der Waals surface area contributed by atoms with Crippen LogP contribution < -0.4 is 16.0 Å². The molecule has 3 N–H and O–H groups in total. The molecule has 3 aromatic rings. The molecule has 0 aliphatic rings. The second kappa shape index (κ2) is 10.7. The number of benzene rings is 1. The fourth-order valence-electron chi connectivity index (χ4n) is 2.67. The average molecular weight is 408 g/mol. The zero-order chi connectivity index (χ0) is 21.2. The van der Waals surface area contributed by atoms with Crippen molar-refractivity contribution in [1.82, 2.24) is 25.6 Å². The smallest absolute Gasteiger partial charge is 0.407 e. The zero-order valence-electron chi connectivity index (χ0n) is 16.7. The Bertz CT molecular complexity index is 996. The van der Waals surface area contributed by atoms with Crippen LogP contribution in [0.4, 0.5) is 15.4 Å². The Morgan fingerprint density at radius 3 is 2.63 bits per heavy atom. The number of alkyl carbamates (subject to hydrolysis) is 1. The molecule has 0 unspecified atom stereocenters. The van der Waals surface area contributed by atoms with Gasteiger partial charge in [0.1, 0.15) is 11.3 Å². The number of nitrogens with zero attached hydrogens (tertiary/aromatic N) is 3. The first-order valence-corrected chi connectivity index (χ1v) is 9.80. The van der Waals surface area contributed by atoms with Crippen LogP contribution in [0.1, 0.15) is 19.8 Å². The number of hydrogen-bond donors (Lipinski definition) is 3. The predicted molar refractivity (Wildman–Crippen MR) is 114 cm³/mol. The van der Waals surface area contributed by atoms with E-state index in [-0.39, 0.29) is 6.03 Å². The van der Waals surface area contributed by atoms with E-state index in [0.29, 0.717) is 55.2 Å². The van der Waals surface area contributed by atoms with Gasteiger partial charge in [0, 0.05) is 18.7 Å². The molecule has 2 aromatic heterocycles. The lowest BCUT2D eigenvalue weighted by Crippen LogP contribution is -2.30. The molecule has 0 fully saturated rings. The van der Waals surface area contributed by atoms with Gasteiger partial charge < -0.3 is 15.4 Å². The van der Waals surface area contributed by atoms with Crippen molar-refractivity contribution >= 4 is 29.1 Å². The Hall–Kier alpha value is -3.75. The number of pyridine rings is 1. The van der Waals surface area contributed by atoms with Crippen LogP contribution in [0.15, 0.2) is 48.7 Å². The maximum atomic E-state index is 12.1. The summed E-state index contributed by atoms with van der Waals surface area (Å²) in [5.74, 6) is 0.388. The average Bonchev–Trinajstić information content (AvgIpc) is 2.76. The third kappa shape index (κ3) is 6.13. The van der Waals surface area contributed by atoms with Gasteiger partial charge in [-0.05, 0) is 31.9 Å². The van der Waals surface area contributed by atoms with E-state index in [1.807, 2.05) is 37.3 Å². The van der Waals surface area contributed by atoms with Crippen LogP contribution in [0, 0.1) is 0 Å². The summed E-state index contributed by atoms with van der Waals surface area (Å²) in [6.07, 6.45) is 2.62. The van der Waals surface area contributed by atoms with Crippen LogP contribution in [0.5, 0.6) is 0 Å². The van der Waals surface area contributed by atoms with E-state index in [4.69, 9.17) is 4.74 Å². The highest BCUT2D eigenvalue weighted by Crippen LogP contribution is 2.18. The number of anilines is 1. The molecule has 0 spiro atoms. The highest BCUT2D eigenvalue weighted by molar-refractivity contribution is 5.89. The molecule has 2 heterocycles. The first kappa shape index (κ1) is 21.0. The number of fused-ring (bicyclic) bond motifs is 1. The minimum absolute atomic E-state index is 0.309. The van der Waals surface area contributed by atoms with Gasteiger partial charge in [-0.1, -0.05) is 30.3 Å². The van der Waals surface area contributed by atoms with Crippen LogP contribution in [0.25, 0.3) is 22.4 Å². The maximum absolute atomic E-state index is 12.1. The van der Waals surface area contributed by atoms with E-state index in [1.54, 1.807) is 18.3 Å². The molecule has 30 heavy (non-hydrogen) atoms. The van der Waals surface area contributed by atoms with Crippen molar-refractivity contribution in [2.75, 3.05) is 25.0 Å². The number of nitrogens with one attached hydrogen (secondary N) is 3. The van der Waals surface area contributed by atoms with E-state index in [9.17, 15) is 9.59 Å².